The van der Waals surface area contributed by atoms with E-state index in [0.717, 1.165) is 20.8 Å². The first-order chi connectivity index (χ1) is 9.77. The van der Waals surface area contributed by atoms with Crippen LogP contribution >= 0.6 is 27.3 Å². The molecule has 0 atom stereocenters. The zero-order valence-corrected chi connectivity index (χ0v) is 12.7. The second-order valence-electron chi connectivity index (χ2n) is 4.05. The van der Waals surface area contributed by atoms with E-state index in [2.05, 4.69) is 21.2 Å². The third-order valence-electron chi connectivity index (χ3n) is 2.59. The largest absolute Gasteiger partial charge is 0.423 e. The summed E-state index contributed by atoms with van der Waals surface area (Å²) in [4.78, 5) is 10.5. The Hall–Kier alpha value is -1.61. The van der Waals surface area contributed by atoms with E-state index in [1.807, 2.05) is 12.1 Å². The van der Waals surface area contributed by atoms with Crippen molar-refractivity contribution in [2.24, 2.45) is 0 Å². The molecule has 9 heteroatoms. The Morgan fingerprint density at radius 2 is 2.00 bits per heavy atom. The number of nitro benzene ring substituents is 1. The van der Waals surface area contributed by atoms with Crippen molar-refractivity contribution >= 4 is 38.6 Å². The molecule has 0 aliphatic rings. The minimum atomic E-state index is -4.77. The predicted molar refractivity (Wildman–Crippen MR) is 77.4 cm³/mol. The number of benzene rings is 1. The molecule has 2 aromatic rings. The lowest BCUT2D eigenvalue weighted by Crippen LogP contribution is -2.10. The van der Waals surface area contributed by atoms with Crippen molar-refractivity contribution in [3.63, 3.8) is 0 Å². The first-order valence-corrected chi connectivity index (χ1v) is 7.22. The summed E-state index contributed by atoms with van der Waals surface area (Å²) < 4.78 is 39.4. The zero-order valence-electron chi connectivity index (χ0n) is 10.3. The highest BCUT2D eigenvalue weighted by Crippen LogP contribution is 2.37. The summed E-state index contributed by atoms with van der Waals surface area (Å²) in [6, 6.07) is 6.53. The summed E-state index contributed by atoms with van der Waals surface area (Å²) in [5, 5.41) is 13.5. The fraction of sp³-hybridized carbons (Fsp3) is 0.167. The van der Waals surface area contributed by atoms with Gasteiger partial charge in [0.15, 0.2) is 0 Å². The van der Waals surface area contributed by atoms with Gasteiger partial charge in [0.1, 0.15) is 5.56 Å². The number of thiophene rings is 1. The molecule has 0 aliphatic carbocycles. The van der Waals surface area contributed by atoms with E-state index in [9.17, 15) is 23.3 Å². The number of nitro groups is 1. The van der Waals surface area contributed by atoms with E-state index in [-0.39, 0.29) is 5.69 Å². The number of rotatable bonds is 4. The quantitative estimate of drug-likeness (QED) is 0.596. The normalized spacial score (nSPS) is 11.4. The molecule has 4 nitrogen and oxygen atoms in total. The van der Waals surface area contributed by atoms with Gasteiger partial charge in [-0.1, -0.05) is 0 Å². The second-order valence-corrected chi connectivity index (χ2v) is 6.59. The van der Waals surface area contributed by atoms with Crippen LogP contribution in [0.25, 0.3) is 0 Å². The maximum absolute atomic E-state index is 12.8. The number of hydrogen-bond donors (Lipinski definition) is 1. The molecule has 1 aromatic heterocycles. The average molecular weight is 381 g/mol. The zero-order chi connectivity index (χ0) is 15.6. The summed E-state index contributed by atoms with van der Waals surface area (Å²) in [7, 11) is 0. The Bertz CT molecular complexity index is 673. The number of anilines is 1. The van der Waals surface area contributed by atoms with Gasteiger partial charge in [0.25, 0.3) is 5.69 Å². The summed E-state index contributed by atoms with van der Waals surface area (Å²) in [6.45, 7) is 0.339. The molecule has 0 radical (unpaired) electrons. The van der Waals surface area contributed by atoms with Gasteiger partial charge in [-0.2, -0.15) is 13.2 Å². The number of halogens is 4. The van der Waals surface area contributed by atoms with Crippen molar-refractivity contribution in [1.82, 2.24) is 0 Å². The van der Waals surface area contributed by atoms with E-state index in [4.69, 9.17) is 0 Å². The van der Waals surface area contributed by atoms with Gasteiger partial charge in [-0.25, -0.2) is 0 Å². The molecule has 0 saturated heterocycles. The first kappa shape index (κ1) is 15.8. The molecular formula is C12H8BrF3N2O2S. The topological polar surface area (TPSA) is 55.2 Å². The van der Waals surface area contributed by atoms with Crippen LogP contribution in [0.15, 0.2) is 34.1 Å². The smallest absolute Gasteiger partial charge is 0.380 e. The lowest BCUT2D eigenvalue weighted by molar-refractivity contribution is -0.388. The third-order valence-corrected chi connectivity index (χ3v) is 4.22. The monoisotopic (exact) mass is 380 g/mol. The van der Waals surface area contributed by atoms with Gasteiger partial charge in [0, 0.05) is 23.2 Å². The summed E-state index contributed by atoms with van der Waals surface area (Å²) in [6.07, 6.45) is -4.77. The van der Waals surface area contributed by atoms with Gasteiger partial charge < -0.3 is 5.32 Å². The summed E-state index contributed by atoms with van der Waals surface area (Å²) >= 11 is 4.74. The summed E-state index contributed by atoms with van der Waals surface area (Å²) in [5.41, 5.74) is -2.03. The molecule has 0 fully saturated rings. The van der Waals surface area contributed by atoms with Crippen molar-refractivity contribution < 1.29 is 18.1 Å². The first-order valence-electron chi connectivity index (χ1n) is 5.61. The van der Waals surface area contributed by atoms with E-state index in [1.165, 1.54) is 17.4 Å². The van der Waals surface area contributed by atoms with E-state index < -0.39 is 22.4 Å². The van der Waals surface area contributed by atoms with Crippen LogP contribution in [0.4, 0.5) is 24.5 Å². The van der Waals surface area contributed by atoms with Crippen LogP contribution in [0.2, 0.25) is 0 Å². The number of nitrogens with zero attached hydrogens (tertiary/aromatic N) is 1. The fourth-order valence-electron chi connectivity index (χ4n) is 1.67. The van der Waals surface area contributed by atoms with Gasteiger partial charge >= 0.3 is 6.18 Å². The van der Waals surface area contributed by atoms with Crippen molar-refractivity contribution in [2.75, 3.05) is 5.32 Å². The van der Waals surface area contributed by atoms with Crippen LogP contribution in [0.3, 0.4) is 0 Å². The molecule has 0 amide bonds. The lowest BCUT2D eigenvalue weighted by Gasteiger charge is -2.10. The molecule has 0 bridgehead atoms. The van der Waals surface area contributed by atoms with E-state index in [0.29, 0.717) is 6.54 Å². The molecule has 0 saturated carbocycles. The highest BCUT2D eigenvalue weighted by atomic mass is 79.9. The molecular weight excluding hydrogens is 373 g/mol. The maximum atomic E-state index is 12.8. The molecule has 112 valence electrons. The lowest BCUT2D eigenvalue weighted by atomic mass is 10.1. The van der Waals surface area contributed by atoms with Crippen LogP contribution in [0.1, 0.15) is 10.4 Å². The van der Waals surface area contributed by atoms with Crippen molar-refractivity contribution in [3.8, 4) is 0 Å². The van der Waals surface area contributed by atoms with Gasteiger partial charge in [-0.05, 0) is 40.2 Å². The standard InChI is InChI=1S/C12H8BrF3N2O2S/c13-11-4-2-8(21-11)6-17-7-1-3-10(18(19)20)9(5-7)12(14,15)16/h1-5,17H,6H2. The van der Waals surface area contributed by atoms with Crippen molar-refractivity contribution in [1.29, 1.82) is 0 Å². The Morgan fingerprint density at radius 1 is 1.29 bits per heavy atom. The molecule has 0 unspecified atom stereocenters. The number of nitrogens with one attached hydrogen (secondary N) is 1. The van der Waals surface area contributed by atoms with Gasteiger partial charge in [0.2, 0.25) is 0 Å². The van der Waals surface area contributed by atoms with Gasteiger partial charge in [0.05, 0.1) is 8.71 Å². The molecule has 1 heterocycles. The predicted octanol–water partition coefficient (Wildman–Crippen LogP) is 5.05. The second kappa shape index (κ2) is 6.02. The third kappa shape index (κ3) is 3.94. The van der Waals surface area contributed by atoms with Crippen LogP contribution in [-0.4, -0.2) is 4.92 Å². The molecule has 0 aliphatic heterocycles. The van der Waals surface area contributed by atoms with Gasteiger partial charge in [-0.3, -0.25) is 10.1 Å². The number of hydrogen-bond acceptors (Lipinski definition) is 4. The fourth-order valence-corrected chi connectivity index (χ4v) is 3.09. The average Bonchev–Trinajstić information content (AvgIpc) is 2.81. The van der Waals surface area contributed by atoms with Crippen LogP contribution in [0.5, 0.6) is 0 Å². The molecule has 1 aromatic carbocycles. The Labute approximate surface area is 129 Å². The molecule has 2 rings (SSSR count). The Balaban J connectivity index is 2.23. The molecule has 1 N–H and O–H groups in total. The molecule has 21 heavy (non-hydrogen) atoms. The van der Waals surface area contributed by atoms with E-state index >= 15 is 0 Å². The Morgan fingerprint density at radius 3 is 2.52 bits per heavy atom. The SMILES string of the molecule is O=[N+]([O-])c1ccc(NCc2ccc(Br)s2)cc1C(F)(F)F. The summed E-state index contributed by atoms with van der Waals surface area (Å²) in [5.74, 6) is 0. The number of alkyl halides is 3. The van der Waals surface area contributed by atoms with E-state index in [1.54, 1.807) is 0 Å². The van der Waals surface area contributed by atoms with Crippen molar-refractivity contribution in [2.45, 2.75) is 12.7 Å². The van der Waals surface area contributed by atoms with Crippen LogP contribution in [-0.2, 0) is 12.7 Å². The van der Waals surface area contributed by atoms with Crippen LogP contribution in [0, 0.1) is 10.1 Å². The highest BCUT2D eigenvalue weighted by molar-refractivity contribution is 9.11. The van der Waals surface area contributed by atoms with Gasteiger partial charge in [-0.15, -0.1) is 11.3 Å². The van der Waals surface area contributed by atoms with Crippen molar-refractivity contribution in [3.05, 3.63) is 54.7 Å². The minimum Gasteiger partial charge on any atom is -0.380 e. The molecule has 0 spiro atoms. The van der Waals surface area contributed by atoms with Crippen LogP contribution < -0.4 is 5.32 Å². The Kier molecular flexibility index (Phi) is 4.52. The minimum absolute atomic E-state index is 0.178. The maximum Gasteiger partial charge on any atom is 0.423 e. The highest BCUT2D eigenvalue weighted by Gasteiger charge is 2.38.